The van der Waals surface area contributed by atoms with Gasteiger partial charge in [0, 0.05) is 18.0 Å². The molecule has 0 aliphatic carbocycles. The first-order valence-electron chi connectivity index (χ1n) is 5.72. The van der Waals surface area contributed by atoms with Crippen molar-refractivity contribution >= 4 is 0 Å². The van der Waals surface area contributed by atoms with Crippen LogP contribution in [0.2, 0.25) is 0 Å². The van der Waals surface area contributed by atoms with Gasteiger partial charge in [0.2, 0.25) is 0 Å². The summed E-state index contributed by atoms with van der Waals surface area (Å²) in [5, 5.41) is 13.1. The Balaban J connectivity index is 2.61. The molecule has 0 bridgehead atoms. The normalized spacial score (nSPS) is 11.8. The summed E-state index contributed by atoms with van der Waals surface area (Å²) in [6.07, 6.45) is 6.89. The molecule has 0 heterocycles. The van der Waals surface area contributed by atoms with E-state index in [-0.39, 0.29) is 11.8 Å². The Morgan fingerprint density at radius 3 is 2.94 bits per heavy atom. The van der Waals surface area contributed by atoms with Crippen LogP contribution in [-0.4, -0.2) is 18.8 Å². The first-order chi connectivity index (χ1) is 8.19. The lowest BCUT2D eigenvalue weighted by atomic mass is 10.1. The van der Waals surface area contributed by atoms with Crippen LogP contribution in [0.4, 0.5) is 0 Å². The number of rotatable bonds is 6. The highest BCUT2D eigenvalue weighted by molar-refractivity contribution is 5.41. The fourth-order valence-corrected chi connectivity index (χ4v) is 1.63. The van der Waals surface area contributed by atoms with E-state index in [0.29, 0.717) is 0 Å². The molecule has 1 atom stereocenters. The van der Waals surface area contributed by atoms with Crippen molar-refractivity contribution in [3.8, 4) is 23.8 Å². The number of benzene rings is 1. The van der Waals surface area contributed by atoms with Crippen LogP contribution in [0.15, 0.2) is 18.2 Å². The van der Waals surface area contributed by atoms with Gasteiger partial charge in [0.05, 0.1) is 7.11 Å². The highest BCUT2D eigenvalue weighted by Gasteiger charge is 2.10. The monoisotopic (exact) mass is 233 g/mol. The van der Waals surface area contributed by atoms with Crippen LogP contribution >= 0.6 is 0 Å². The number of ether oxygens (including phenoxy) is 1. The van der Waals surface area contributed by atoms with E-state index in [1.165, 1.54) is 0 Å². The smallest absolute Gasteiger partial charge is 0.120 e. The zero-order valence-electron chi connectivity index (χ0n) is 10.4. The van der Waals surface area contributed by atoms with Gasteiger partial charge < -0.3 is 15.2 Å². The number of phenolic OH excluding ortho intramolecular Hbond substituents is 1. The van der Waals surface area contributed by atoms with Crippen LogP contribution in [0.1, 0.15) is 31.4 Å². The van der Waals surface area contributed by atoms with Gasteiger partial charge in [-0.05, 0) is 38.1 Å². The zero-order chi connectivity index (χ0) is 12.7. The van der Waals surface area contributed by atoms with E-state index in [9.17, 15) is 5.11 Å². The molecular formula is C14H19NO2. The van der Waals surface area contributed by atoms with Gasteiger partial charge >= 0.3 is 0 Å². The topological polar surface area (TPSA) is 41.5 Å². The molecule has 0 aliphatic heterocycles. The SMILES string of the molecule is C#CCCCNC(C)c1cc(OC)ccc1O. The molecule has 0 aliphatic rings. The molecule has 0 radical (unpaired) electrons. The fraction of sp³-hybridized carbons (Fsp3) is 0.429. The lowest BCUT2D eigenvalue weighted by Gasteiger charge is -2.16. The molecular weight excluding hydrogens is 214 g/mol. The summed E-state index contributed by atoms with van der Waals surface area (Å²) in [5.74, 6) is 3.63. The van der Waals surface area contributed by atoms with Gasteiger partial charge in [0.1, 0.15) is 11.5 Å². The second kappa shape index (κ2) is 6.82. The molecule has 0 amide bonds. The van der Waals surface area contributed by atoms with E-state index in [1.807, 2.05) is 13.0 Å². The maximum absolute atomic E-state index is 9.78. The molecule has 0 spiro atoms. The van der Waals surface area contributed by atoms with Gasteiger partial charge in [-0.25, -0.2) is 0 Å². The minimum atomic E-state index is 0.0721. The van der Waals surface area contributed by atoms with E-state index < -0.39 is 0 Å². The molecule has 0 saturated heterocycles. The molecule has 1 unspecified atom stereocenters. The standard InChI is InChI=1S/C14H19NO2/c1-4-5-6-9-15-11(2)13-10-12(17-3)7-8-14(13)16/h1,7-8,10-11,15-16H,5-6,9H2,2-3H3. The number of hydrogen-bond donors (Lipinski definition) is 2. The Bertz CT molecular complexity index is 396. The number of hydrogen-bond acceptors (Lipinski definition) is 3. The predicted octanol–water partition coefficient (Wildman–Crippen LogP) is 2.46. The number of phenols is 1. The third kappa shape index (κ3) is 4.01. The summed E-state index contributed by atoms with van der Waals surface area (Å²) in [4.78, 5) is 0. The van der Waals surface area contributed by atoms with Gasteiger partial charge in [-0.15, -0.1) is 12.3 Å². The Labute approximate surface area is 103 Å². The first-order valence-corrected chi connectivity index (χ1v) is 5.72. The van der Waals surface area contributed by atoms with Crippen molar-refractivity contribution in [2.45, 2.75) is 25.8 Å². The Kier molecular flexibility index (Phi) is 5.38. The van der Waals surface area contributed by atoms with E-state index in [0.717, 1.165) is 30.7 Å². The lowest BCUT2D eigenvalue weighted by molar-refractivity contribution is 0.407. The van der Waals surface area contributed by atoms with E-state index in [2.05, 4.69) is 11.2 Å². The van der Waals surface area contributed by atoms with Crippen LogP contribution in [0, 0.1) is 12.3 Å². The number of unbranched alkanes of at least 4 members (excludes halogenated alkanes) is 1. The van der Waals surface area contributed by atoms with Crippen molar-refractivity contribution in [1.29, 1.82) is 0 Å². The molecule has 1 aromatic carbocycles. The molecule has 2 N–H and O–H groups in total. The molecule has 1 aromatic rings. The number of aromatic hydroxyl groups is 1. The number of terminal acetylenes is 1. The second-order valence-electron chi connectivity index (χ2n) is 3.91. The van der Waals surface area contributed by atoms with Crippen LogP contribution in [0.3, 0.4) is 0 Å². The van der Waals surface area contributed by atoms with Crippen LogP contribution in [-0.2, 0) is 0 Å². The molecule has 17 heavy (non-hydrogen) atoms. The highest BCUT2D eigenvalue weighted by Crippen LogP contribution is 2.28. The molecule has 0 aromatic heterocycles. The molecule has 92 valence electrons. The van der Waals surface area contributed by atoms with Crippen molar-refractivity contribution in [3.05, 3.63) is 23.8 Å². The van der Waals surface area contributed by atoms with Crippen LogP contribution < -0.4 is 10.1 Å². The predicted molar refractivity (Wildman–Crippen MR) is 69.1 cm³/mol. The summed E-state index contributed by atoms with van der Waals surface area (Å²) in [6, 6.07) is 5.30. The minimum Gasteiger partial charge on any atom is -0.508 e. The lowest BCUT2D eigenvalue weighted by Crippen LogP contribution is -2.19. The van der Waals surface area contributed by atoms with Gasteiger partial charge in [-0.1, -0.05) is 0 Å². The molecule has 1 rings (SSSR count). The van der Waals surface area contributed by atoms with Crippen molar-refractivity contribution in [1.82, 2.24) is 5.32 Å². The van der Waals surface area contributed by atoms with Crippen molar-refractivity contribution in [3.63, 3.8) is 0 Å². The first kappa shape index (κ1) is 13.4. The Morgan fingerprint density at radius 2 is 2.29 bits per heavy atom. The third-order valence-electron chi connectivity index (χ3n) is 2.65. The highest BCUT2D eigenvalue weighted by atomic mass is 16.5. The quantitative estimate of drug-likeness (QED) is 0.586. The Hall–Kier alpha value is -1.66. The second-order valence-corrected chi connectivity index (χ2v) is 3.91. The summed E-state index contributed by atoms with van der Waals surface area (Å²) < 4.78 is 5.14. The average molecular weight is 233 g/mol. The summed E-state index contributed by atoms with van der Waals surface area (Å²) >= 11 is 0. The largest absolute Gasteiger partial charge is 0.508 e. The Morgan fingerprint density at radius 1 is 1.53 bits per heavy atom. The van der Waals surface area contributed by atoms with Crippen molar-refractivity contribution < 1.29 is 9.84 Å². The minimum absolute atomic E-state index is 0.0721. The number of nitrogens with one attached hydrogen (secondary N) is 1. The summed E-state index contributed by atoms with van der Waals surface area (Å²) in [6.45, 7) is 2.84. The number of methoxy groups -OCH3 is 1. The van der Waals surface area contributed by atoms with Gasteiger partial charge in [0.15, 0.2) is 0 Å². The van der Waals surface area contributed by atoms with E-state index >= 15 is 0 Å². The fourth-order valence-electron chi connectivity index (χ4n) is 1.63. The van der Waals surface area contributed by atoms with Crippen molar-refractivity contribution in [2.75, 3.05) is 13.7 Å². The summed E-state index contributed by atoms with van der Waals surface area (Å²) in [5.41, 5.74) is 0.838. The van der Waals surface area contributed by atoms with Gasteiger partial charge in [-0.2, -0.15) is 0 Å². The molecule has 3 heteroatoms. The summed E-state index contributed by atoms with van der Waals surface area (Å²) in [7, 11) is 1.61. The molecule has 3 nitrogen and oxygen atoms in total. The van der Waals surface area contributed by atoms with Crippen LogP contribution in [0.25, 0.3) is 0 Å². The molecule has 0 saturated carbocycles. The van der Waals surface area contributed by atoms with Crippen molar-refractivity contribution in [2.24, 2.45) is 0 Å². The van der Waals surface area contributed by atoms with E-state index in [1.54, 1.807) is 19.2 Å². The maximum atomic E-state index is 9.78. The third-order valence-corrected chi connectivity index (χ3v) is 2.65. The zero-order valence-corrected chi connectivity index (χ0v) is 10.4. The van der Waals surface area contributed by atoms with Gasteiger partial charge in [0.25, 0.3) is 0 Å². The van der Waals surface area contributed by atoms with E-state index in [4.69, 9.17) is 11.2 Å². The molecule has 0 fully saturated rings. The average Bonchev–Trinajstić information content (AvgIpc) is 2.35. The van der Waals surface area contributed by atoms with Crippen LogP contribution in [0.5, 0.6) is 11.5 Å². The maximum Gasteiger partial charge on any atom is 0.120 e. The van der Waals surface area contributed by atoms with Gasteiger partial charge in [-0.3, -0.25) is 0 Å².